The van der Waals surface area contributed by atoms with Crippen molar-refractivity contribution in [3.8, 4) is 5.75 Å². The maximum Gasteiger partial charge on any atom is 0.313 e. The van der Waals surface area contributed by atoms with Crippen molar-refractivity contribution in [2.45, 2.75) is 69.9 Å². The standard InChI is InChI=1S/C33H47F5N12O9/c34-26-27(35)29(37)31(30(38)28(26)36)59-25(52)9-14-55-16-18-57-20-21-58-19-17-56-15-13-42-32(53)22(6-1-3-10-43-48-39)47-33(54)23(7-2-4-11-44-49-40)46-24(51)8-5-12-45-50-41/h22-23H,1-21H2,(H,42,53)(H,46,51)(H,47,54)/t22-,23-/m0/s1. The Morgan fingerprint density at radius 2 is 0.983 bits per heavy atom. The molecule has 0 aliphatic rings. The SMILES string of the molecule is [N-]=[N+]=NCCCC[C@H](NC(=O)CCCN=[N+]=[N-])C(=O)N[C@@H](CCCCN=[N+]=[N-])C(=O)NCCOCCOCCOCCOCCC(=O)Oc1c(F)c(F)c(F)c(F)c1F. The summed E-state index contributed by atoms with van der Waals surface area (Å²) in [5, 5.41) is 18.3. The van der Waals surface area contributed by atoms with Crippen LogP contribution in [0.4, 0.5) is 22.0 Å². The molecule has 26 heteroatoms. The molecule has 2 atom stereocenters. The summed E-state index contributed by atoms with van der Waals surface area (Å²) in [6.45, 7) is 1.19. The fourth-order valence-corrected chi connectivity index (χ4v) is 4.71. The van der Waals surface area contributed by atoms with E-state index >= 15 is 0 Å². The number of unbranched alkanes of at least 4 members (excludes halogenated alkanes) is 2. The number of esters is 1. The van der Waals surface area contributed by atoms with Crippen LogP contribution in [0.1, 0.15) is 57.8 Å². The topological polar surface area (TPSA) is 297 Å². The minimum absolute atomic E-state index is 0.00178. The second-order valence-electron chi connectivity index (χ2n) is 12.0. The fraction of sp³-hybridized carbons (Fsp3) is 0.697. The summed E-state index contributed by atoms with van der Waals surface area (Å²) in [5.41, 5.74) is 25.4. The van der Waals surface area contributed by atoms with Crippen LogP contribution in [0, 0.1) is 29.1 Å². The Bertz CT molecular complexity index is 1600. The maximum atomic E-state index is 13.6. The van der Waals surface area contributed by atoms with Crippen molar-refractivity contribution in [2.75, 3.05) is 79.0 Å². The van der Waals surface area contributed by atoms with Crippen molar-refractivity contribution in [1.82, 2.24) is 16.0 Å². The molecule has 0 saturated heterocycles. The molecule has 0 radical (unpaired) electrons. The number of amides is 3. The molecule has 0 aromatic heterocycles. The summed E-state index contributed by atoms with van der Waals surface area (Å²) in [6, 6.07) is -1.99. The van der Waals surface area contributed by atoms with Gasteiger partial charge in [0.2, 0.25) is 52.6 Å². The number of nitrogens with zero attached hydrogens (tertiary/aromatic N) is 9. The molecule has 0 saturated carbocycles. The molecule has 1 rings (SSSR count). The van der Waals surface area contributed by atoms with Crippen LogP contribution in [-0.2, 0) is 38.1 Å². The highest BCUT2D eigenvalue weighted by Crippen LogP contribution is 2.29. The van der Waals surface area contributed by atoms with E-state index in [1.165, 1.54) is 0 Å². The maximum absolute atomic E-state index is 13.6. The van der Waals surface area contributed by atoms with Crippen molar-refractivity contribution in [3.63, 3.8) is 0 Å². The van der Waals surface area contributed by atoms with E-state index in [-0.39, 0.29) is 105 Å². The molecule has 328 valence electrons. The molecule has 0 aliphatic carbocycles. The summed E-state index contributed by atoms with van der Waals surface area (Å²) in [7, 11) is 0. The molecule has 0 unspecified atom stereocenters. The number of rotatable bonds is 34. The van der Waals surface area contributed by atoms with E-state index in [1.54, 1.807) is 0 Å². The second kappa shape index (κ2) is 32.5. The molecule has 0 bridgehead atoms. The first kappa shape index (κ1) is 51.5. The third kappa shape index (κ3) is 22.9. The predicted octanol–water partition coefficient (Wildman–Crippen LogP) is 4.88. The van der Waals surface area contributed by atoms with Crippen molar-refractivity contribution in [2.24, 2.45) is 15.3 Å². The Labute approximate surface area is 334 Å². The molecule has 1 aromatic rings. The largest absolute Gasteiger partial charge is 0.420 e. The number of nitrogens with one attached hydrogen (secondary N) is 3. The summed E-state index contributed by atoms with van der Waals surface area (Å²) < 4.78 is 92.3. The zero-order chi connectivity index (χ0) is 43.7. The van der Waals surface area contributed by atoms with Crippen molar-refractivity contribution >= 4 is 23.7 Å². The zero-order valence-corrected chi connectivity index (χ0v) is 32.1. The van der Waals surface area contributed by atoms with Crippen LogP contribution in [0.3, 0.4) is 0 Å². The van der Waals surface area contributed by atoms with Gasteiger partial charge >= 0.3 is 5.97 Å². The quantitative estimate of drug-likeness (QED) is 0.00978. The fourth-order valence-electron chi connectivity index (χ4n) is 4.71. The number of benzene rings is 1. The van der Waals surface area contributed by atoms with Crippen LogP contribution in [0.2, 0.25) is 0 Å². The lowest BCUT2D eigenvalue weighted by Gasteiger charge is -2.23. The van der Waals surface area contributed by atoms with E-state index in [4.69, 9.17) is 35.5 Å². The molecule has 59 heavy (non-hydrogen) atoms. The lowest BCUT2D eigenvalue weighted by Crippen LogP contribution is -2.54. The third-order valence-corrected chi connectivity index (χ3v) is 7.64. The minimum atomic E-state index is -2.38. The van der Waals surface area contributed by atoms with E-state index in [0.29, 0.717) is 25.7 Å². The average Bonchev–Trinajstić information content (AvgIpc) is 3.22. The molecule has 3 N–H and O–H groups in total. The first-order chi connectivity index (χ1) is 28.5. The van der Waals surface area contributed by atoms with Crippen molar-refractivity contribution in [3.05, 3.63) is 60.4 Å². The molecule has 21 nitrogen and oxygen atoms in total. The molecule has 1 aromatic carbocycles. The number of hydrogen-bond acceptors (Lipinski definition) is 12. The number of carbonyl (C=O) groups is 4. The lowest BCUT2D eigenvalue weighted by molar-refractivity contribution is -0.136. The van der Waals surface area contributed by atoms with Crippen LogP contribution in [-0.4, -0.2) is 115 Å². The molecule has 0 fully saturated rings. The second-order valence-corrected chi connectivity index (χ2v) is 12.0. The Hall–Kier alpha value is -5.48. The van der Waals surface area contributed by atoms with E-state index < -0.39 is 77.0 Å². The van der Waals surface area contributed by atoms with Gasteiger partial charge in [0, 0.05) is 47.3 Å². The molecular weight excluding hydrogens is 803 g/mol. The van der Waals surface area contributed by atoms with Gasteiger partial charge in [-0.1, -0.05) is 28.2 Å². The van der Waals surface area contributed by atoms with Gasteiger partial charge in [-0.2, -0.15) is 8.78 Å². The number of hydrogen-bond donors (Lipinski definition) is 3. The summed E-state index contributed by atoms with van der Waals surface area (Å²) in [5.74, 6) is -16.0. The first-order valence-corrected chi connectivity index (χ1v) is 18.4. The summed E-state index contributed by atoms with van der Waals surface area (Å²) in [4.78, 5) is 58.6. The van der Waals surface area contributed by atoms with Crippen LogP contribution in [0.5, 0.6) is 5.75 Å². The third-order valence-electron chi connectivity index (χ3n) is 7.64. The molecule has 0 aliphatic heterocycles. The van der Waals surface area contributed by atoms with Gasteiger partial charge in [0.1, 0.15) is 12.1 Å². The number of carbonyl (C=O) groups excluding carboxylic acids is 4. The first-order valence-electron chi connectivity index (χ1n) is 18.4. The Morgan fingerprint density at radius 1 is 0.542 bits per heavy atom. The van der Waals surface area contributed by atoms with E-state index in [0.717, 1.165) is 0 Å². The van der Waals surface area contributed by atoms with Gasteiger partial charge in [-0.05, 0) is 48.7 Å². The highest BCUT2D eigenvalue weighted by molar-refractivity contribution is 5.92. The van der Waals surface area contributed by atoms with E-state index in [9.17, 15) is 41.1 Å². The predicted molar refractivity (Wildman–Crippen MR) is 196 cm³/mol. The van der Waals surface area contributed by atoms with Crippen LogP contribution in [0.15, 0.2) is 15.3 Å². The summed E-state index contributed by atoms with van der Waals surface area (Å²) >= 11 is 0. The van der Waals surface area contributed by atoms with Gasteiger partial charge in [-0.3, -0.25) is 19.2 Å². The van der Waals surface area contributed by atoms with Gasteiger partial charge in [0.05, 0.1) is 59.3 Å². The minimum Gasteiger partial charge on any atom is -0.420 e. The molecule has 0 heterocycles. The molecule has 0 spiro atoms. The monoisotopic (exact) mass is 850 g/mol. The van der Waals surface area contributed by atoms with E-state index in [1.807, 2.05) is 0 Å². The smallest absolute Gasteiger partial charge is 0.313 e. The van der Waals surface area contributed by atoms with Gasteiger partial charge in [-0.15, -0.1) is 0 Å². The molecular formula is C33H47F5N12O9. The number of halogens is 5. The van der Waals surface area contributed by atoms with E-state index in [2.05, 4.69) is 50.8 Å². The van der Waals surface area contributed by atoms with Crippen LogP contribution in [0.25, 0.3) is 31.3 Å². The normalized spacial score (nSPS) is 11.6. The highest BCUT2D eigenvalue weighted by atomic mass is 19.2. The zero-order valence-electron chi connectivity index (χ0n) is 32.1. The van der Waals surface area contributed by atoms with Gasteiger partial charge in [0.15, 0.2) is 0 Å². The van der Waals surface area contributed by atoms with Gasteiger partial charge in [0.25, 0.3) is 0 Å². The molecule has 3 amide bonds. The Balaban J connectivity index is 2.38. The van der Waals surface area contributed by atoms with Gasteiger partial charge in [-0.25, -0.2) is 13.2 Å². The van der Waals surface area contributed by atoms with Gasteiger partial charge < -0.3 is 39.6 Å². The number of azide groups is 3. The van der Waals surface area contributed by atoms with Crippen molar-refractivity contribution < 1.29 is 64.8 Å². The Morgan fingerprint density at radius 3 is 1.49 bits per heavy atom. The summed E-state index contributed by atoms with van der Waals surface area (Å²) in [6.07, 6.45) is 1.91. The highest BCUT2D eigenvalue weighted by Gasteiger charge is 2.29. The average molecular weight is 851 g/mol. The van der Waals surface area contributed by atoms with Crippen molar-refractivity contribution in [1.29, 1.82) is 0 Å². The van der Waals surface area contributed by atoms with Crippen LogP contribution >= 0.6 is 0 Å². The Kier molecular flexibility index (Phi) is 28.4. The number of ether oxygens (including phenoxy) is 5. The lowest BCUT2D eigenvalue weighted by atomic mass is 10.1. The van der Waals surface area contributed by atoms with Crippen LogP contribution < -0.4 is 20.7 Å².